The summed E-state index contributed by atoms with van der Waals surface area (Å²) in [5.74, 6) is 1.41. The van der Waals surface area contributed by atoms with Crippen LogP contribution in [0.4, 0.5) is 0 Å². The summed E-state index contributed by atoms with van der Waals surface area (Å²) in [4.78, 5) is 10.0. The van der Waals surface area contributed by atoms with Gasteiger partial charge in [-0.25, -0.2) is 4.98 Å². The van der Waals surface area contributed by atoms with E-state index in [1.165, 1.54) is 57.2 Å². The molecule has 2 aliphatic rings. The maximum absolute atomic E-state index is 5.80. The van der Waals surface area contributed by atoms with Crippen LogP contribution in [0.2, 0.25) is 0 Å². The van der Waals surface area contributed by atoms with E-state index in [2.05, 4.69) is 34.9 Å². The maximum atomic E-state index is 5.80. The van der Waals surface area contributed by atoms with Gasteiger partial charge in [0.25, 0.3) is 0 Å². The smallest absolute Gasteiger partial charge is 0.196 e. The van der Waals surface area contributed by atoms with Crippen molar-refractivity contribution in [2.75, 3.05) is 19.7 Å². The highest BCUT2D eigenvalue weighted by Gasteiger charge is 2.29. The zero-order chi connectivity index (χ0) is 16.9. The van der Waals surface area contributed by atoms with Crippen LogP contribution in [0.25, 0.3) is 0 Å². The second kappa shape index (κ2) is 8.54. The largest absolute Gasteiger partial charge is 0.379 e. The minimum atomic E-state index is 0.364. The van der Waals surface area contributed by atoms with Gasteiger partial charge in [-0.1, -0.05) is 0 Å². The van der Waals surface area contributed by atoms with E-state index in [9.17, 15) is 0 Å². The van der Waals surface area contributed by atoms with Gasteiger partial charge in [-0.15, -0.1) is 0 Å². The van der Waals surface area contributed by atoms with Gasteiger partial charge in [0.1, 0.15) is 0 Å². The highest BCUT2D eigenvalue weighted by atomic mass is 32.1. The molecule has 1 aliphatic carbocycles. The van der Waals surface area contributed by atoms with E-state index in [1.807, 2.05) is 6.20 Å². The molecule has 0 unspecified atom stereocenters. The summed E-state index contributed by atoms with van der Waals surface area (Å²) in [5, 5.41) is 0. The summed E-state index contributed by atoms with van der Waals surface area (Å²) >= 11 is 5.04. The van der Waals surface area contributed by atoms with E-state index in [4.69, 9.17) is 17.0 Å². The van der Waals surface area contributed by atoms with Gasteiger partial charge in [-0.05, 0) is 95.1 Å². The first-order valence-corrected chi connectivity index (χ1v) is 9.93. The highest BCUT2D eigenvalue weighted by Crippen LogP contribution is 2.33. The molecule has 0 radical (unpaired) electrons. The van der Waals surface area contributed by atoms with Crippen LogP contribution in [0, 0.1) is 10.7 Å². The van der Waals surface area contributed by atoms with Gasteiger partial charge in [0, 0.05) is 25.0 Å². The van der Waals surface area contributed by atoms with Crippen molar-refractivity contribution in [2.45, 2.75) is 70.4 Å². The van der Waals surface area contributed by atoms with Gasteiger partial charge in [-0.3, -0.25) is 0 Å². The lowest BCUT2D eigenvalue weighted by molar-refractivity contribution is 0.0269. The Bertz CT molecular complexity index is 537. The van der Waals surface area contributed by atoms with Gasteiger partial charge in [-0.2, -0.15) is 0 Å². The van der Waals surface area contributed by atoms with Gasteiger partial charge in [0.15, 0.2) is 4.77 Å². The number of nitrogens with zero attached hydrogens (tertiary/aromatic N) is 2. The number of aromatic nitrogens is 2. The fourth-order valence-electron chi connectivity index (χ4n) is 4.18. The molecule has 0 amide bonds. The summed E-state index contributed by atoms with van der Waals surface area (Å²) in [6, 6.07) is 0.793. The summed E-state index contributed by atoms with van der Waals surface area (Å²) in [6.07, 6.45) is 12.2. The quantitative estimate of drug-likeness (QED) is 0.805. The highest BCUT2D eigenvalue weighted by molar-refractivity contribution is 7.71. The van der Waals surface area contributed by atoms with Crippen molar-refractivity contribution in [3.63, 3.8) is 0 Å². The number of likely N-dealkylation sites (tertiary alicyclic amines) is 1. The molecule has 1 aliphatic heterocycles. The Hall–Kier alpha value is -0.780. The minimum absolute atomic E-state index is 0.364. The minimum Gasteiger partial charge on any atom is -0.379 e. The van der Waals surface area contributed by atoms with Crippen LogP contribution >= 0.6 is 12.2 Å². The number of ether oxygens (including phenoxy) is 1. The molecular formula is C19H31N3OS. The second-order valence-electron chi connectivity index (χ2n) is 7.72. The summed E-state index contributed by atoms with van der Waals surface area (Å²) < 4.78 is 6.38. The SMILES string of the molecule is CC(C)OCC1CCC(N2CCC(c3cnc(=S)[nH]c3)CC2)CC1. The lowest BCUT2D eigenvalue weighted by Gasteiger charge is -2.41. The van der Waals surface area contributed by atoms with Crippen molar-refractivity contribution in [2.24, 2.45) is 5.92 Å². The lowest BCUT2D eigenvalue weighted by Crippen LogP contribution is -2.43. The number of hydrogen-bond donors (Lipinski definition) is 1. The zero-order valence-corrected chi connectivity index (χ0v) is 15.9. The predicted octanol–water partition coefficient (Wildman–Crippen LogP) is 4.30. The molecule has 24 heavy (non-hydrogen) atoms. The molecule has 1 N–H and O–H groups in total. The van der Waals surface area contributed by atoms with E-state index in [1.54, 1.807) is 0 Å². The van der Waals surface area contributed by atoms with Crippen molar-refractivity contribution in [3.8, 4) is 0 Å². The molecular weight excluding hydrogens is 318 g/mol. The van der Waals surface area contributed by atoms with Gasteiger partial charge in [0.05, 0.1) is 6.10 Å². The predicted molar refractivity (Wildman–Crippen MR) is 99.8 cm³/mol. The first-order chi connectivity index (χ1) is 11.6. The summed E-state index contributed by atoms with van der Waals surface area (Å²) in [7, 11) is 0. The first kappa shape index (κ1) is 18.0. The Morgan fingerprint density at radius 3 is 2.50 bits per heavy atom. The Kier molecular flexibility index (Phi) is 6.42. The van der Waals surface area contributed by atoms with Crippen LogP contribution in [0.5, 0.6) is 0 Å². The number of hydrogen-bond acceptors (Lipinski definition) is 4. The number of rotatable bonds is 5. The molecule has 5 heteroatoms. The Labute approximate surface area is 151 Å². The second-order valence-corrected chi connectivity index (χ2v) is 8.11. The average Bonchev–Trinajstić information content (AvgIpc) is 2.61. The molecule has 2 heterocycles. The van der Waals surface area contributed by atoms with Crippen LogP contribution in [-0.2, 0) is 4.74 Å². The normalized spacial score (nSPS) is 26.8. The molecule has 1 saturated heterocycles. The van der Waals surface area contributed by atoms with E-state index in [0.717, 1.165) is 18.6 Å². The maximum Gasteiger partial charge on any atom is 0.196 e. The van der Waals surface area contributed by atoms with Gasteiger partial charge < -0.3 is 14.6 Å². The van der Waals surface area contributed by atoms with E-state index >= 15 is 0 Å². The van der Waals surface area contributed by atoms with Crippen molar-refractivity contribution in [1.82, 2.24) is 14.9 Å². The summed E-state index contributed by atoms with van der Waals surface area (Å²) in [6.45, 7) is 7.65. The monoisotopic (exact) mass is 349 g/mol. The van der Waals surface area contributed by atoms with Gasteiger partial charge in [0.2, 0.25) is 0 Å². The van der Waals surface area contributed by atoms with E-state index in [-0.39, 0.29) is 0 Å². The Morgan fingerprint density at radius 2 is 1.92 bits per heavy atom. The third-order valence-corrected chi connectivity index (χ3v) is 5.92. The average molecular weight is 350 g/mol. The number of nitrogens with one attached hydrogen (secondary N) is 1. The Balaban J connectivity index is 1.42. The van der Waals surface area contributed by atoms with E-state index < -0.39 is 0 Å². The zero-order valence-electron chi connectivity index (χ0n) is 15.0. The molecule has 4 nitrogen and oxygen atoms in total. The molecule has 1 aromatic rings. The van der Waals surface area contributed by atoms with Crippen LogP contribution in [0.15, 0.2) is 12.4 Å². The molecule has 3 rings (SSSR count). The van der Waals surface area contributed by atoms with Crippen LogP contribution in [0.3, 0.4) is 0 Å². The van der Waals surface area contributed by atoms with Gasteiger partial charge >= 0.3 is 0 Å². The molecule has 134 valence electrons. The van der Waals surface area contributed by atoms with Crippen molar-refractivity contribution in [3.05, 3.63) is 22.7 Å². The first-order valence-electron chi connectivity index (χ1n) is 9.52. The lowest BCUT2D eigenvalue weighted by atomic mass is 9.83. The molecule has 0 aromatic carbocycles. The molecule has 0 spiro atoms. The third-order valence-electron chi connectivity index (χ3n) is 5.69. The topological polar surface area (TPSA) is 41.1 Å². The molecule has 2 fully saturated rings. The summed E-state index contributed by atoms with van der Waals surface area (Å²) in [5.41, 5.74) is 1.32. The molecule has 1 saturated carbocycles. The van der Waals surface area contributed by atoms with Crippen LogP contribution in [0.1, 0.15) is 63.9 Å². The molecule has 1 aromatic heterocycles. The number of aromatic amines is 1. The van der Waals surface area contributed by atoms with E-state index in [0.29, 0.717) is 16.8 Å². The number of piperidine rings is 1. The fourth-order valence-corrected chi connectivity index (χ4v) is 4.29. The Morgan fingerprint density at radius 1 is 1.21 bits per heavy atom. The molecule has 0 bridgehead atoms. The van der Waals surface area contributed by atoms with Crippen LogP contribution < -0.4 is 0 Å². The van der Waals surface area contributed by atoms with Crippen molar-refractivity contribution in [1.29, 1.82) is 0 Å². The van der Waals surface area contributed by atoms with Crippen molar-refractivity contribution >= 4 is 12.2 Å². The number of H-pyrrole nitrogens is 1. The molecule has 0 atom stereocenters. The van der Waals surface area contributed by atoms with Crippen LogP contribution in [-0.4, -0.2) is 46.7 Å². The fraction of sp³-hybridized carbons (Fsp3) is 0.789. The van der Waals surface area contributed by atoms with Crippen molar-refractivity contribution < 1.29 is 4.74 Å². The standard InChI is InChI=1S/C19H31N3OS/c1-14(2)23-13-15-3-5-18(6-4-15)22-9-7-16(8-10-22)17-11-20-19(24)21-12-17/h11-12,14-16,18H,3-10,13H2,1-2H3,(H,20,21,24). The third kappa shape index (κ3) is 4.87.